The summed E-state index contributed by atoms with van der Waals surface area (Å²) in [5, 5.41) is 5.79. The summed E-state index contributed by atoms with van der Waals surface area (Å²) < 4.78 is 0. The molecule has 0 radical (unpaired) electrons. The standard InChI is InChI=1S/C23H27N3O2S/c1-5-14(2)17-9-11-18(12-10-17)24-23-26-22(28)19(29-23)13-20(27)25-21-15(3)7-6-8-16(21)4/h6-12,14,19H,5,13H2,1-4H3,(H,25,27)(H,24,26,28)/t14-,19-/m1/s1. The summed E-state index contributed by atoms with van der Waals surface area (Å²) >= 11 is 1.30. The number of amidine groups is 1. The lowest BCUT2D eigenvalue weighted by Gasteiger charge is -2.12. The Kier molecular flexibility index (Phi) is 6.75. The van der Waals surface area contributed by atoms with Crippen LogP contribution in [0.25, 0.3) is 0 Å². The summed E-state index contributed by atoms with van der Waals surface area (Å²) in [7, 11) is 0. The van der Waals surface area contributed by atoms with Crippen LogP contribution in [-0.2, 0) is 9.59 Å². The van der Waals surface area contributed by atoms with E-state index in [9.17, 15) is 9.59 Å². The number of para-hydroxylation sites is 1. The van der Waals surface area contributed by atoms with E-state index in [1.165, 1.54) is 17.3 Å². The Morgan fingerprint density at radius 3 is 2.45 bits per heavy atom. The quantitative estimate of drug-likeness (QED) is 0.700. The first-order chi connectivity index (χ1) is 13.9. The number of amides is 2. The van der Waals surface area contributed by atoms with Crippen LogP contribution in [0.3, 0.4) is 0 Å². The molecule has 3 rings (SSSR count). The molecule has 6 heteroatoms. The zero-order valence-corrected chi connectivity index (χ0v) is 18.1. The lowest BCUT2D eigenvalue weighted by molar-refractivity contribution is -0.122. The molecule has 0 aromatic heterocycles. The second-order valence-corrected chi connectivity index (χ2v) is 8.62. The summed E-state index contributed by atoms with van der Waals surface area (Å²) in [4.78, 5) is 29.3. The van der Waals surface area contributed by atoms with Crippen LogP contribution in [0.15, 0.2) is 47.5 Å². The molecule has 5 nitrogen and oxygen atoms in total. The van der Waals surface area contributed by atoms with Crippen molar-refractivity contribution in [3.05, 3.63) is 59.2 Å². The van der Waals surface area contributed by atoms with Gasteiger partial charge in [-0.05, 0) is 55.0 Å². The van der Waals surface area contributed by atoms with Crippen molar-refractivity contribution in [2.45, 2.75) is 51.7 Å². The van der Waals surface area contributed by atoms with Crippen molar-refractivity contribution in [3.63, 3.8) is 0 Å². The van der Waals surface area contributed by atoms with Gasteiger partial charge in [0.05, 0.1) is 5.69 Å². The highest BCUT2D eigenvalue weighted by atomic mass is 32.2. The molecule has 0 aliphatic carbocycles. The molecule has 29 heavy (non-hydrogen) atoms. The largest absolute Gasteiger partial charge is 0.326 e. The fraction of sp³-hybridized carbons (Fsp3) is 0.348. The van der Waals surface area contributed by atoms with Gasteiger partial charge in [0.1, 0.15) is 5.25 Å². The number of nitrogens with zero attached hydrogens (tertiary/aromatic N) is 1. The van der Waals surface area contributed by atoms with Crippen molar-refractivity contribution < 1.29 is 9.59 Å². The van der Waals surface area contributed by atoms with Gasteiger partial charge in [0, 0.05) is 12.1 Å². The fourth-order valence-electron chi connectivity index (χ4n) is 3.19. The summed E-state index contributed by atoms with van der Waals surface area (Å²) in [6, 6.07) is 13.9. The van der Waals surface area contributed by atoms with Crippen LogP contribution in [0, 0.1) is 13.8 Å². The van der Waals surface area contributed by atoms with E-state index in [0.29, 0.717) is 11.1 Å². The molecule has 1 aliphatic rings. The van der Waals surface area contributed by atoms with Crippen molar-refractivity contribution >= 4 is 40.1 Å². The van der Waals surface area contributed by atoms with Gasteiger partial charge in [0.25, 0.3) is 0 Å². The summed E-state index contributed by atoms with van der Waals surface area (Å²) in [6.07, 6.45) is 1.20. The van der Waals surface area contributed by atoms with Crippen LogP contribution in [0.4, 0.5) is 11.4 Å². The monoisotopic (exact) mass is 409 g/mol. The van der Waals surface area contributed by atoms with Crippen LogP contribution in [0.2, 0.25) is 0 Å². The number of aliphatic imine (C=N–C) groups is 1. The normalized spacial score (nSPS) is 18.6. The Hall–Kier alpha value is -2.60. The molecule has 1 saturated heterocycles. The molecule has 2 atom stereocenters. The van der Waals surface area contributed by atoms with E-state index in [1.807, 2.05) is 44.2 Å². The molecule has 1 fully saturated rings. The maximum atomic E-state index is 12.5. The summed E-state index contributed by atoms with van der Waals surface area (Å²) in [5.41, 5.74) is 4.90. The maximum Gasteiger partial charge on any atom is 0.240 e. The predicted molar refractivity (Wildman–Crippen MR) is 121 cm³/mol. The number of thioether (sulfide) groups is 1. The number of carbonyl (C=O) groups is 2. The van der Waals surface area contributed by atoms with Crippen LogP contribution in [0.1, 0.15) is 49.3 Å². The van der Waals surface area contributed by atoms with Gasteiger partial charge in [-0.3, -0.25) is 9.59 Å². The molecule has 152 valence electrons. The molecular weight excluding hydrogens is 382 g/mol. The van der Waals surface area contributed by atoms with Crippen molar-refractivity contribution in [3.8, 4) is 0 Å². The van der Waals surface area contributed by atoms with Gasteiger partial charge in [-0.2, -0.15) is 0 Å². The van der Waals surface area contributed by atoms with E-state index in [4.69, 9.17) is 0 Å². The number of nitrogens with one attached hydrogen (secondary N) is 2. The maximum absolute atomic E-state index is 12.5. The molecule has 1 heterocycles. The average Bonchev–Trinajstić information content (AvgIpc) is 3.03. The van der Waals surface area contributed by atoms with Crippen molar-refractivity contribution in [1.82, 2.24) is 5.32 Å². The Bertz CT molecular complexity index is 917. The fourth-order valence-corrected chi connectivity index (χ4v) is 4.18. The minimum Gasteiger partial charge on any atom is -0.326 e. The highest BCUT2D eigenvalue weighted by Crippen LogP contribution is 2.27. The molecule has 2 N–H and O–H groups in total. The number of hydrogen-bond donors (Lipinski definition) is 2. The minimum absolute atomic E-state index is 0.107. The highest BCUT2D eigenvalue weighted by Gasteiger charge is 2.32. The SMILES string of the molecule is CC[C@@H](C)c1ccc(N=C2NC(=O)[C@@H](CC(=O)Nc3c(C)cccc3C)S2)cc1. The van der Waals surface area contributed by atoms with Gasteiger partial charge < -0.3 is 10.6 Å². The Morgan fingerprint density at radius 1 is 1.17 bits per heavy atom. The first-order valence-corrected chi connectivity index (χ1v) is 10.8. The molecule has 0 bridgehead atoms. The van der Waals surface area contributed by atoms with Crippen LogP contribution < -0.4 is 10.6 Å². The number of benzene rings is 2. The molecule has 2 amide bonds. The second kappa shape index (κ2) is 9.27. The average molecular weight is 410 g/mol. The smallest absolute Gasteiger partial charge is 0.240 e. The molecule has 2 aromatic rings. The summed E-state index contributed by atoms with van der Waals surface area (Å²) in [5.74, 6) is 0.160. The zero-order valence-electron chi connectivity index (χ0n) is 17.3. The number of anilines is 1. The van der Waals surface area contributed by atoms with E-state index < -0.39 is 5.25 Å². The highest BCUT2D eigenvalue weighted by molar-refractivity contribution is 8.15. The predicted octanol–water partition coefficient (Wildman–Crippen LogP) is 5.06. The van der Waals surface area contributed by atoms with Crippen LogP contribution in [-0.4, -0.2) is 22.2 Å². The van der Waals surface area contributed by atoms with Gasteiger partial charge >= 0.3 is 0 Å². The van der Waals surface area contributed by atoms with Crippen LogP contribution >= 0.6 is 11.8 Å². The molecule has 0 unspecified atom stereocenters. The third-order valence-electron chi connectivity index (χ3n) is 5.20. The van der Waals surface area contributed by atoms with Gasteiger partial charge in [-0.25, -0.2) is 4.99 Å². The van der Waals surface area contributed by atoms with E-state index in [2.05, 4.69) is 41.6 Å². The Balaban J connectivity index is 1.62. The van der Waals surface area contributed by atoms with Crippen molar-refractivity contribution in [1.29, 1.82) is 0 Å². The third-order valence-corrected chi connectivity index (χ3v) is 6.28. The van der Waals surface area contributed by atoms with E-state index in [1.54, 1.807) is 0 Å². The number of aryl methyl sites for hydroxylation is 2. The lowest BCUT2D eigenvalue weighted by Crippen LogP contribution is -2.28. The van der Waals surface area contributed by atoms with E-state index in [-0.39, 0.29) is 18.2 Å². The number of hydrogen-bond acceptors (Lipinski definition) is 4. The van der Waals surface area contributed by atoms with E-state index >= 15 is 0 Å². The van der Waals surface area contributed by atoms with Gasteiger partial charge in [0.15, 0.2) is 5.17 Å². The third kappa shape index (κ3) is 5.26. The number of rotatable bonds is 6. The van der Waals surface area contributed by atoms with Crippen molar-refractivity contribution in [2.24, 2.45) is 4.99 Å². The first-order valence-electron chi connectivity index (χ1n) is 9.89. The summed E-state index contributed by atoms with van der Waals surface area (Å²) in [6.45, 7) is 8.27. The minimum atomic E-state index is -0.475. The van der Waals surface area contributed by atoms with Crippen LogP contribution in [0.5, 0.6) is 0 Å². The molecule has 0 saturated carbocycles. The van der Waals surface area contributed by atoms with Gasteiger partial charge in [-0.1, -0.05) is 55.9 Å². The zero-order chi connectivity index (χ0) is 21.0. The first kappa shape index (κ1) is 21.1. The molecular formula is C23H27N3O2S. The second-order valence-electron chi connectivity index (χ2n) is 7.43. The Morgan fingerprint density at radius 2 is 1.83 bits per heavy atom. The van der Waals surface area contributed by atoms with Gasteiger partial charge in [0.2, 0.25) is 11.8 Å². The topological polar surface area (TPSA) is 70.6 Å². The lowest BCUT2D eigenvalue weighted by atomic mass is 9.99. The number of carbonyl (C=O) groups excluding carboxylic acids is 2. The molecule has 2 aromatic carbocycles. The molecule has 0 spiro atoms. The van der Waals surface area contributed by atoms with Crippen molar-refractivity contribution in [2.75, 3.05) is 5.32 Å². The molecule has 1 aliphatic heterocycles. The van der Waals surface area contributed by atoms with Gasteiger partial charge in [-0.15, -0.1) is 0 Å². The Labute approximate surface area is 176 Å². The van der Waals surface area contributed by atoms with E-state index in [0.717, 1.165) is 28.9 Å².